The summed E-state index contributed by atoms with van der Waals surface area (Å²) in [7, 11) is 1.13. The predicted octanol–water partition coefficient (Wildman–Crippen LogP) is 1.000. The van der Waals surface area contributed by atoms with Gasteiger partial charge in [-0.05, 0) is 12.1 Å². The SMILES string of the molecule is COc1ccc(C(=O)O)c([N+](=O)[O-])c1C(=O)O. The average molecular weight is 241 g/mol. The zero-order chi connectivity index (χ0) is 13.2. The number of aromatic carboxylic acids is 2. The quantitative estimate of drug-likeness (QED) is 0.594. The van der Waals surface area contributed by atoms with Gasteiger partial charge in [0.2, 0.25) is 0 Å². The first kappa shape index (κ1) is 12.4. The Morgan fingerprint density at radius 3 is 2.24 bits per heavy atom. The number of nitro groups is 1. The topological polar surface area (TPSA) is 127 Å². The second-order valence-electron chi connectivity index (χ2n) is 2.91. The van der Waals surface area contributed by atoms with Crippen LogP contribution in [0, 0.1) is 10.1 Å². The fraction of sp³-hybridized carbons (Fsp3) is 0.111. The van der Waals surface area contributed by atoms with Gasteiger partial charge in [0, 0.05) is 0 Å². The summed E-state index contributed by atoms with van der Waals surface area (Å²) in [6.45, 7) is 0. The molecule has 8 nitrogen and oxygen atoms in total. The Kier molecular flexibility index (Phi) is 3.27. The smallest absolute Gasteiger partial charge is 0.346 e. The van der Waals surface area contributed by atoms with E-state index < -0.39 is 33.7 Å². The van der Waals surface area contributed by atoms with Crippen LogP contribution in [0.4, 0.5) is 5.69 Å². The maximum absolute atomic E-state index is 10.9. The number of rotatable bonds is 4. The van der Waals surface area contributed by atoms with Crippen molar-refractivity contribution in [1.29, 1.82) is 0 Å². The average Bonchev–Trinajstić information content (AvgIpc) is 2.26. The van der Waals surface area contributed by atoms with Gasteiger partial charge in [-0.15, -0.1) is 0 Å². The highest BCUT2D eigenvalue weighted by Crippen LogP contribution is 2.31. The van der Waals surface area contributed by atoms with E-state index in [0.717, 1.165) is 19.2 Å². The maximum Gasteiger partial charge on any atom is 0.346 e. The molecule has 0 aliphatic carbocycles. The Morgan fingerprint density at radius 2 is 1.88 bits per heavy atom. The van der Waals surface area contributed by atoms with Gasteiger partial charge in [0.1, 0.15) is 11.3 Å². The summed E-state index contributed by atoms with van der Waals surface area (Å²) < 4.78 is 4.65. The van der Waals surface area contributed by atoms with Crippen LogP contribution in [-0.2, 0) is 0 Å². The number of benzene rings is 1. The number of carbonyl (C=O) groups is 2. The minimum absolute atomic E-state index is 0.269. The third-order valence-electron chi connectivity index (χ3n) is 1.99. The van der Waals surface area contributed by atoms with E-state index in [1.807, 2.05) is 0 Å². The van der Waals surface area contributed by atoms with E-state index in [1.165, 1.54) is 0 Å². The fourth-order valence-electron chi connectivity index (χ4n) is 1.31. The lowest BCUT2D eigenvalue weighted by atomic mass is 10.1. The normalized spacial score (nSPS) is 9.71. The van der Waals surface area contributed by atoms with Crippen molar-refractivity contribution < 1.29 is 29.5 Å². The van der Waals surface area contributed by atoms with Gasteiger partial charge in [0.25, 0.3) is 0 Å². The van der Waals surface area contributed by atoms with Gasteiger partial charge in [-0.25, -0.2) is 9.59 Å². The Balaban J connectivity index is 3.71. The molecule has 0 amide bonds. The summed E-state index contributed by atoms with van der Waals surface area (Å²) in [5.74, 6) is -3.48. The van der Waals surface area contributed by atoms with E-state index in [9.17, 15) is 19.7 Å². The van der Waals surface area contributed by atoms with Gasteiger partial charge in [-0.2, -0.15) is 0 Å². The molecule has 0 spiro atoms. The van der Waals surface area contributed by atoms with E-state index in [-0.39, 0.29) is 5.75 Å². The molecular formula is C9H7NO7. The predicted molar refractivity (Wildman–Crippen MR) is 53.6 cm³/mol. The van der Waals surface area contributed by atoms with Crippen LogP contribution >= 0.6 is 0 Å². The van der Waals surface area contributed by atoms with E-state index in [4.69, 9.17) is 10.2 Å². The Labute approximate surface area is 94.2 Å². The first-order chi connectivity index (χ1) is 7.90. The molecule has 0 atom stereocenters. The van der Waals surface area contributed by atoms with Crippen molar-refractivity contribution in [3.8, 4) is 5.75 Å². The van der Waals surface area contributed by atoms with Crippen molar-refractivity contribution in [1.82, 2.24) is 0 Å². The van der Waals surface area contributed by atoms with Crippen molar-refractivity contribution >= 4 is 17.6 Å². The second-order valence-corrected chi connectivity index (χ2v) is 2.91. The van der Waals surface area contributed by atoms with Crippen LogP contribution in [0.15, 0.2) is 12.1 Å². The molecule has 1 aromatic rings. The minimum Gasteiger partial charge on any atom is -0.496 e. The van der Waals surface area contributed by atoms with Gasteiger partial charge in [-0.3, -0.25) is 10.1 Å². The molecular weight excluding hydrogens is 234 g/mol. The number of carboxylic acids is 2. The summed E-state index contributed by atoms with van der Waals surface area (Å²) in [5.41, 5.74) is -2.48. The molecule has 0 unspecified atom stereocenters. The molecule has 0 aromatic heterocycles. The van der Waals surface area contributed by atoms with Crippen LogP contribution in [0.25, 0.3) is 0 Å². The number of carboxylic acid groups (broad SMARTS) is 2. The van der Waals surface area contributed by atoms with Gasteiger partial charge < -0.3 is 14.9 Å². The molecule has 8 heteroatoms. The number of hydrogen-bond acceptors (Lipinski definition) is 5. The van der Waals surface area contributed by atoms with Crippen molar-refractivity contribution in [2.75, 3.05) is 7.11 Å². The molecule has 2 N–H and O–H groups in total. The fourth-order valence-corrected chi connectivity index (χ4v) is 1.31. The third kappa shape index (κ3) is 2.14. The Morgan fingerprint density at radius 1 is 1.29 bits per heavy atom. The van der Waals surface area contributed by atoms with Crippen LogP contribution < -0.4 is 4.74 Å². The number of nitro benzene ring substituents is 1. The van der Waals surface area contributed by atoms with Crippen LogP contribution in [0.3, 0.4) is 0 Å². The van der Waals surface area contributed by atoms with Gasteiger partial charge >= 0.3 is 17.6 Å². The van der Waals surface area contributed by atoms with E-state index >= 15 is 0 Å². The lowest BCUT2D eigenvalue weighted by Gasteiger charge is -2.07. The standard InChI is InChI=1S/C9H7NO7/c1-17-5-3-2-4(8(11)12)7(10(15)16)6(5)9(13)14/h2-3H,1H3,(H,11,12)(H,13,14). The highest BCUT2D eigenvalue weighted by molar-refractivity contribution is 6.02. The van der Waals surface area contributed by atoms with Gasteiger partial charge in [0.05, 0.1) is 12.0 Å². The van der Waals surface area contributed by atoms with E-state index in [2.05, 4.69) is 4.74 Å². The molecule has 1 aromatic carbocycles. The minimum atomic E-state index is -1.63. The van der Waals surface area contributed by atoms with Gasteiger partial charge in [0.15, 0.2) is 5.56 Å². The maximum atomic E-state index is 10.9. The van der Waals surface area contributed by atoms with Crippen LogP contribution in [0.5, 0.6) is 5.75 Å². The van der Waals surface area contributed by atoms with Crippen molar-refractivity contribution in [3.63, 3.8) is 0 Å². The first-order valence-electron chi connectivity index (χ1n) is 4.22. The molecule has 0 aliphatic heterocycles. The molecule has 0 fully saturated rings. The molecule has 0 saturated heterocycles. The number of hydrogen-bond donors (Lipinski definition) is 2. The second kappa shape index (κ2) is 4.47. The lowest BCUT2D eigenvalue weighted by molar-refractivity contribution is -0.385. The van der Waals surface area contributed by atoms with Crippen molar-refractivity contribution in [2.45, 2.75) is 0 Å². The van der Waals surface area contributed by atoms with Crippen molar-refractivity contribution in [2.24, 2.45) is 0 Å². The lowest BCUT2D eigenvalue weighted by Crippen LogP contribution is -2.11. The molecule has 0 bridgehead atoms. The first-order valence-corrected chi connectivity index (χ1v) is 4.22. The molecule has 17 heavy (non-hydrogen) atoms. The number of methoxy groups -OCH3 is 1. The Bertz CT molecular complexity index is 508. The number of ether oxygens (including phenoxy) is 1. The molecule has 1 rings (SSSR count). The third-order valence-corrected chi connectivity index (χ3v) is 1.99. The summed E-state index contributed by atoms with van der Waals surface area (Å²) in [6.07, 6.45) is 0. The summed E-state index contributed by atoms with van der Waals surface area (Å²) >= 11 is 0. The zero-order valence-electron chi connectivity index (χ0n) is 8.54. The highest BCUT2D eigenvalue weighted by atomic mass is 16.6. The molecule has 0 heterocycles. The molecule has 90 valence electrons. The van der Waals surface area contributed by atoms with E-state index in [1.54, 1.807) is 0 Å². The van der Waals surface area contributed by atoms with Crippen LogP contribution in [0.1, 0.15) is 20.7 Å². The summed E-state index contributed by atoms with van der Waals surface area (Å²) in [6, 6.07) is 1.98. The molecule has 0 saturated carbocycles. The number of nitrogens with zero attached hydrogens (tertiary/aromatic N) is 1. The summed E-state index contributed by atoms with van der Waals surface area (Å²) in [4.78, 5) is 31.3. The van der Waals surface area contributed by atoms with E-state index in [0.29, 0.717) is 0 Å². The molecule has 0 aliphatic rings. The van der Waals surface area contributed by atoms with Crippen LogP contribution in [0.2, 0.25) is 0 Å². The largest absolute Gasteiger partial charge is 0.496 e. The Hall–Kier alpha value is -2.64. The van der Waals surface area contributed by atoms with Gasteiger partial charge in [-0.1, -0.05) is 0 Å². The summed E-state index contributed by atoms with van der Waals surface area (Å²) in [5, 5.41) is 28.3. The molecule has 0 radical (unpaired) electrons. The van der Waals surface area contributed by atoms with Crippen molar-refractivity contribution in [3.05, 3.63) is 33.4 Å². The monoisotopic (exact) mass is 241 g/mol. The highest BCUT2D eigenvalue weighted by Gasteiger charge is 2.31. The van der Waals surface area contributed by atoms with Crippen LogP contribution in [-0.4, -0.2) is 34.2 Å². The zero-order valence-corrected chi connectivity index (χ0v) is 8.54.